The summed E-state index contributed by atoms with van der Waals surface area (Å²) < 4.78 is 5.68. The lowest BCUT2D eigenvalue weighted by Gasteiger charge is -2.37. The van der Waals surface area contributed by atoms with Gasteiger partial charge < -0.3 is 15.4 Å². The first-order valence-electron chi connectivity index (χ1n) is 9.52. The van der Waals surface area contributed by atoms with Crippen LogP contribution in [-0.2, 0) is 4.74 Å². The summed E-state index contributed by atoms with van der Waals surface area (Å²) in [5.41, 5.74) is 0. The van der Waals surface area contributed by atoms with Crippen molar-refractivity contribution in [3.63, 3.8) is 0 Å². The summed E-state index contributed by atoms with van der Waals surface area (Å²) in [5.74, 6) is 1.63. The maximum atomic E-state index is 5.68. The molecule has 0 aromatic heterocycles. The van der Waals surface area contributed by atoms with E-state index in [9.17, 15) is 0 Å². The van der Waals surface area contributed by atoms with Gasteiger partial charge in [-0.25, -0.2) is 0 Å². The molecule has 0 radical (unpaired) electrons. The summed E-state index contributed by atoms with van der Waals surface area (Å²) in [5, 5.41) is 7.58. The van der Waals surface area contributed by atoms with E-state index in [2.05, 4.69) is 29.4 Å². The van der Waals surface area contributed by atoms with E-state index < -0.39 is 0 Å². The van der Waals surface area contributed by atoms with Crippen molar-refractivity contribution in [3.05, 3.63) is 0 Å². The third kappa shape index (κ3) is 4.22. The highest BCUT2D eigenvalue weighted by molar-refractivity contribution is 4.92. The molecule has 0 bridgehead atoms. The summed E-state index contributed by atoms with van der Waals surface area (Å²) in [7, 11) is 0. The normalized spacial score (nSPS) is 39.0. The molecule has 4 heteroatoms. The van der Waals surface area contributed by atoms with E-state index in [1.54, 1.807) is 0 Å². The van der Waals surface area contributed by atoms with E-state index in [4.69, 9.17) is 4.74 Å². The average Bonchev–Trinajstić information content (AvgIpc) is 3.02. The molecular formula is C18H35N3O. The van der Waals surface area contributed by atoms with Crippen molar-refractivity contribution in [1.29, 1.82) is 0 Å². The van der Waals surface area contributed by atoms with Crippen LogP contribution in [0.15, 0.2) is 0 Å². The van der Waals surface area contributed by atoms with Crippen molar-refractivity contribution in [2.75, 3.05) is 39.4 Å². The fourth-order valence-electron chi connectivity index (χ4n) is 4.66. The molecule has 3 aliphatic rings. The molecule has 1 aliphatic carbocycles. The quantitative estimate of drug-likeness (QED) is 0.813. The first-order chi connectivity index (χ1) is 10.7. The smallest absolute Gasteiger partial charge is 0.0623 e. The number of hydrogen-bond donors (Lipinski definition) is 2. The number of nitrogens with one attached hydrogen (secondary N) is 2. The molecule has 5 unspecified atom stereocenters. The maximum absolute atomic E-state index is 5.68. The van der Waals surface area contributed by atoms with E-state index in [1.807, 2.05) is 0 Å². The summed E-state index contributed by atoms with van der Waals surface area (Å²) in [6, 6.07) is 1.92. The molecule has 1 saturated carbocycles. The lowest BCUT2D eigenvalue weighted by molar-refractivity contribution is 0.0515. The predicted octanol–water partition coefficient (Wildman–Crippen LogP) is 1.85. The van der Waals surface area contributed by atoms with Gasteiger partial charge in [0.1, 0.15) is 0 Å². The predicted molar refractivity (Wildman–Crippen MR) is 91.2 cm³/mol. The van der Waals surface area contributed by atoms with Gasteiger partial charge in [-0.3, -0.25) is 4.90 Å². The van der Waals surface area contributed by atoms with Crippen LogP contribution in [0.4, 0.5) is 0 Å². The minimum absolute atomic E-state index is 0.569. The maximum Gasteiger partial charge on any atom is 0.0623 e. The number of rotatable bonds is 5. The first kappa shape index (κ1) is 16.7. The van der Waals surface area contributed by atoms with Crippen LogP contribution < -0.4 is 10.6 Å². The molecule has 0 aromatic rings. The third-order valence-electron chi connectivity index (χ3n) is 6.02. The zero-order chi connectivity index (χ0) is 15.4. The molecule has 3 fully saturated rings. The van der Waals surface area contributed by atoms with Crippen LogP contribution in [0, 0.1) is 11.8 Å². The molecule has 3 rings (SSSR count). The highest BCUT2D eigenvalue weighted by atomic mass is 16.5. The molecule has 4 nitrogen and oxygen atoms in total. The highest BCUT2D eigenvalue weighted by Gasteiger charge is 2.34. The van der Waals surface area contributed by atoms with Crippen molar-refractivity contribution < 1.29 is 4.74 Å². The SMILES string of the molecule is CC1CCCN(C(C)CNC2CCCC2C2COCCN2)C1. The fourth-order valence-corrected chi connectivity index (χ4v) is 4.66. The largest absolute Gasteiger partial charge is 0.379 e. The Hall–Kier alpha value is -0.160. The second-order valence-electron chi connectivity index (χ2n) is 7.84. The van der Waals surface area contributed by atoms with Crippen LogP contribution >= 0.6 is 0 Å². The highest BCUT2D eigenvalue weighted by Crippen LogP contribution is 2.29. The number of nitrogens with zero attached hydrogens (tertiary/aromatic N) is 1. The lowest BCUT2D eigenvalue weighted by atomic mass is 9.93. The van der Waals surface area contributed by atoms with Crippen LogP contribution in [0.1, 0.15) is 46.0 Å². The van der Waals surface area contributed by atoms with Crippen molar-refractivity contribution >= 4 is 0 Å². The first-order valence-corrected chi connectivity index (χ1v) is 9.52. The van der Waals surface area contributed by atoms with Gasteiger partial charge in [0.05, 0.1) is 13.2 Å². The fraction of sp³-hybridized carbons (Fsp3) is 1.00. The van der Waals surface area contributed by atoms with Crippen LogP contribution in [0.25, 0.3) is 0 Å². The number of ether oxygens (including phenoxy) is 1. The molecule has 0 spiro atoms. The van der Waals surface area contributed by atoms with Gasteiger partial charge in [-0.15, -0.1) is 0 Å². The molecular weight excluding hydrogens is 274 g/mol. The van der Waals surface area contributed by atoms with Crippen LogP contribution in [-0.4, -0.2) is 62.4 Å². The Labute approximate surface area is 136 Å². The topological polar surface area (TPSA) is 36.5 Å². The van der Waals surface area contributed by atoms with Crippen LogP contribution in [0.5, 0.6) is 0 Å². The van der Waals surface area contributed by atoms with Crippen LogP contribution in [0.2, 0.25) is 0 Å². The number of piperidine rings is 1. The summed E-state index contributed by atoms with van der Waals surface area (Å²) in [4.78, 5) is 2.69. The molecule has 2 N–H and O–H groups in total. The van der Waals surface area contributed by atoms with E-state index in [-0.39, 0.29) is 0 Å². The van der Waals surface area contributed by atoms with Gasteiger partial charge >= 0.3 is 0 Å². The molecule has 0 aromatic carbocycles. The Bertz CT molecular complexity index is 332. The second-order valence-corrected chi connectivity index (χ2v) is 7.84. The molecule has 2 aliphatic heterocycles. The Balaban J connectivity index is 1.45. The lowest BCUT2D eigenvalue weighted by Crippen LogP contribution is -2.53. The molecule has 5 atom stereocenters. The Morgan fingerprint density at radius 3 is 2.95 bits per heavy atom. The number of hydrogen-bond acceptors (Lipinski definition) is 4. The van der Waals surface area contributed by atoms with Gasteiger partial charge in [-0.2, -0.15) is 0 Å². The van der Waals surface area contributed by atoms with Gasteiger partial charge in [0.25, 0.3) is 0 Å². The number of likely N-dealkylation sites (tertiary alicyclic amines) is 1. The van der Waals surface area contributed by atoms with E-state index in [0.29, 0.717) is 18.1 Å². The Morgan fingerprint density at radius 1 is 1.27 bits per heavy atom. The monoisotopic (exact) mass is 309 g/mol. The Morgan fingerprint density at radius 2 is 2.18 bits per heavy atom. The second kappa shape index (κ2) is 8.09. The van der Waals surface area contributed by atoms with E-state index in [1.165, 1.54) is 45.2 Å². The molecule has 128 valence electrons. The summed E-state index contributed by atoms with van der Waals surface area (Å²) >= 11 is 0. The van der Waals surface area contributed by atoms with Crippen LogP contribution in [0.3, 0.4) is 0 Å². The minimum Gasteiger partial charge on any atom is -0.379 e. The van der Waals surface area contributed by atoms with Crippen molar-refractivity contribution in [2.45, 2.75) is 64.1 Å². The molecule has 0 amide bonds. The standard InChI is InChI=1S/C18H35N3O/c1-14-5-4-9-21(12-14)15(2)11-20-17-7-3-6-16(17)18-13-22-10-8-19-18/h14-20H,3-13H2,1-2H3. The Kier molecular flexibility index (Phi) is 6.14. The van der Waals surface area contributed by atoms with E-state index >= 15 is 0 Å². The van der Waals surface area contributed by atoms with Crippen molar-refractivity contribution in [2.24, 2.45) is 11.8 Å². The van der Waals surface area contributed by atoms with Gasteiger partial charge in [-0.05, 0) is 51.0 Å². The van der Waals surface area contributed by atoms with E-state index in [0.717, 1.165) is 38.1 Å². The zero-order valence-electron chi connectivity index (χ0n) is 14.5. The molecule has 22 heavy (non-hydrogen) atoms. The molecule has 2 saturated heterocycles. The van der Waals surface area contributed by atoms with Gasteiger partial charge in [-0.1, -0.05) is 13.3 Å². The van der Waals surface area contributed by atoms with Gasteiger partial charge in [0, 0.05) is 37.8 Å². The molecule has 2 heterocycles. The minimum atomic E-state index is 0.569. The van der Waals surface area contributed by atoms with Gasteiger partial charge in [0.15, 0.2) is 0 Å². The zero-order valence-corrected chi connectivity index (χ0v) is 14.5. The summed E-state index contributed by atoms with van der Waals surface area (Å²) in [6.07, 6.45) is 6.85. The third-order valence-corrected chi connectivity index (χ3v) is 6.02. The number of morpholine rings is 1. The van der Waals surface area contributed by atoms with Crippen molar-refractivity contribution in [3.8, 4) is 0 Å². The van der Waals surface area contributed by atoms with Gasteiger partial charge in [0.2, 0.25) is 0 Å². The summed E-state index contributed by atoms with van der Waals surface area (Å²) in [6.45, 7) is 11.3. The average molecular weight is 309 g/mol. The van der Waals surface area contributed by atoms with Crippen molar-refractivity contribution in [1.82, 2.24) is 15.5 Å².